The number of ether oxygens (including phenoxy) is 1. The van der Waals surface area contributed by atoms with Crippen molar-refractivity contribution in [3.63, 3.8) is 0 Å². The molecule has 136 valence electrons. The summed E-state index contributed by atoms with van der Waals surface area (Å²) in [5.74, 6) is 0.526. The van der Waals surface area contributed by atoms with Crippen LogP contribution in [-0.2, 0) is 4.79 Å². The summed E-state index contributed by atoms with van der Waals surface area (Å²) in [4.78, 5) is 24.7. The van der Waals surface area contributed by atoms with Crippen LogP contribution in [0.25, 0.3) is 0 Å². The number of anilines is 2. The van der Waals surface area contributed by atoms with Gasteiger partial charge >= 0.3 is 0 Å². The molecule has 0 atom stereocenters. The van der Waals surface area contributed by atoms with E-state index in [0.29, 0.717) is 23.6 Å². The average molecular weight is 352 g/mol. The Morgan fingerprint density at radius 3 is 2.42 bits per heavy atom. The quantitative estimate of drug-likeness (QED) is 0.777. The molecule has 1 fully saturated rings. The lowest BCUT2D eigenvalue weighted by Crippen LogP contribution is -2.17. The van der Waals surface area contributed by atoms with Crippen LogP contribution in [0.2, 0.25) is 0 Å². The van der Waals surface area contributed by atoms with Crippen molar-refractivity contribution >= 4 is 23.2 Å². The van der Waals surface area contributed by atoms with Gasteiger partial charge in [-0.15, -0.1) is 0 Å². The van der Waals surface area contributed by atoms with Gasteiger partial charge in [0, 0.05) is 17.3 Å². The number of carbonyl (C=O) groups excluding carboxylic acids is 2. The molecule has 26 heavy (non-hydrogen) atoms. The Morgan fingerprint density at radius 2 is 1.73 bits per heavy atom. The second-order valence-electron chi connectivity index (χ2n) is 6.54. The van der Waals surface area contributed by atoms with Crippen LogP contribution in [0.5, 0.6) is 5.75 Å². The molecule has 0 aliphatic heterocycles. The van der Waals surface area contributed by atoms with Gasteiger partial charge < -0.3 is 15.4 Å². The number of nitrogens with one attached hydrogen (secondary N) is 2. The average Bonchev–Trinajstić information content (AvgIpc) is 3.48. The fourth-order valence-corrected chi connectivity index (χ4v) is 2.67. The van der Waals surface area contributed by atoms with E-state index < -0.39 is 0 Å². The van der Waals surface area contributed by atoms with Crippen molar-refractivity contribution in [2.24, 2.45) is 5.92 Å². The monoisotopic (exact) mass is 352 g/mol. The van der Waals surface area contributed by atoms with Crippen molar-refractivity contribution in [1.82, 2.24) is 0 Å². The first-order valence-electron chi connectivity index (χ1n) is 9.03. The Labute approximate surface area is 153 Å². The Morgan fingerprint density at radius 1 is 1.04 bits per heavy atom. The number of para-hydroxylation sites is 1. The Bertz CT molecular complexity index is 813. The van der Waals surface area contributed by atoms with Crippen molar-refractivity contribution in [2.45, 2.75) is 33.1 Å². The minimum atomic E-state index is -0.231. The van der Waals surface area contributed by atoms with E-state index in [1.54, 1.807) is 12.1 Å². The summed E-state index contributed by atoms with van der Waals surface area (Å²) in [6, 6.07) is 12.7. The maximum atomic E-state index is 12.7. The van der Waals surface area contributed by atoms with E-state index in [4.69, 9.17) is 4.74 Å². The summed E-state index contributed by atoms with van der Waals surface area (Å²) < 4.78 is 5.67. The highest BCUT2D eigenvalue weighted by Gasteiger charge is 2.29. The third-order valence-electron chi connectivity index (χ3n) is 4.38. The molecule has 2 amide bonds. The van der Waals surface area contributed by atoms with E-state index in [1.165, 1.54) is 0 Å². The van der Waals surface area contributed by atoms with Gasteiger partial charge in [-0.05, 0) is 56.0 Å². The van der Waals surface area contributed by atoms with Crippen molar-refractivity contribution in [2.75, 3.05) is 17.2 Å². The van der Waals surface area contributed by atoms with Crippen molar-refractivity contribution in [3.8, 4) is 5.75 Å². The standard InChI is InChI=1S/C21H24N2O3/c1-3-13-26-19-10-5-4-7-16(19)21(25)23-18-9-6-8-17(14(18)2)22-20(24)15-11-12-15/h4-10,15H,3,11-13H2,1-2H3,(H,22,24)(H,23,25). The van der Waals surface area contributed by atoms with Crippen molar-refractivity contribution in [1.29, 1.82) is 0 Å². The highest BCUT2D eigenvalue weighted by atomic mass is 16.5. The largest absolute Gasteiger partial charge is 0.493 e. The zero-order valence-electron chi connectivity index (χ0n) is 15.2. The molecule has 2 aromatic rings. The molecule has 1 saturated carbocycles. The van der Waals surface area contributed by atoms with Crippen LogP contribution >= 0.6 is 0 Å². The second kappa shape index (κ2) is 8.04. The van der Waals surface area contributed by atoms with Gasteiger partial charge in [0.1, 0.15) is 5.75 Å². The van der Waals surface area contributed by atoms with Gasteiger partial charge in [-0.2, -0.15) is 0 Å². The van der Waals surface area contributed by atoms with Crippen LogP contribution in [-0.4, -0.2) is 18.4 Å². The first-order chi connectivity index (χ1) is 12.6. The van der Waals surface area contributed by atoms with E-state index >= 15 is 0 Å². The molecule has 0 saturated heterocycles. The van der Waals surface area contributed by atoms with Crippen molar-refractivity contribution < 1.29 is 14.3 Å². The predicted molar refractivity (Wildman–Crippen MR) is 103 cm³/mol. The van der Waals surface area contributed by atoms with Gasteiger partial charge in [-0.3, -0.25) is 9.59 Å². The maximum Gasteiger partial charge on any atom is 0.259 e. The summed E-state index contributed by atoms with van der Waals surface area (Å²) in [7, 11) is 0. The number of benzene rings is 2. The second-order valence-corrected chi connectivity index (χ2v) is 6.54. The van der Waals surface area contributed by atoms with Gasteiger partial charge in [0.05, 0.1) is 12.2 Å². The zero-order valence-corrected chi connectivity index (χ0v) is 15.2. The topological polar surface area (TPSA) is 67.4 Å². The molecule has 3 rings (SSSR count). The van der Waals surface area contributed by atoms with Crippen LogP contribution in [0.15, 0.2) is 42.5 Å². The van der Waals surface area contributed by atoms with Crippen LogP contribution in [0.3, 0.4) is 0 Å². The lowest BCUT2D eigenvalue weighted by atomic mass is 10.1. The lowest BCUT2D eigenvalue weighted by Gasteiger charge is -2.15. The molecule has 5 heteroatoms. The van der Waals surface area contributed by atoms with Gasteiger partial charge in [0.2, 0.25) is 5.91 Å². The number of hydrogen-bond acceptors (Lipinski definition) is 3. The zero-order chi connectivity index (χ0) is 18.5. The molecule has 0 aromatic heterocycles. The highest BCUT2D eigenvalue weighted by molar-refractivity contribution is 6.07. The van der Waals surface area contributed by atoms with E-state index in [2.05, 4.69) is 10.6 Å². The molecule has 2 aromatic carbocycles. The first kappa shape index (κ1) is 18.0. The predicted octanol–water partition coefficient (Wildman–Crippen LogP) is 4.38. The molecule has 0 unspecified atom stereocenters. The third-order valence-corrected chi connectivity index (χ3v) is 4.38. The smallest absolute Gasteiger partial charge is 0.259 e. The van der Waals surface area contributed by atoms with Crippen molar-refractivity contribution in [3.05, 3.63) is 53.6 Å². The molecule has 5 nitrogen and oxygen atoms in total. The summed E-state index contributed by atoms with van der Waals surface area (Å²) in [5.41, 5.74) is 2.73. The van der Waals surface area contributed by atoms with E-state index in [9.17, 15) is 9.59 Å². The van der Waals surface area contributed by atoms with E-state index in [1.807, 2.05) is 44.2 Å². The highest BCUT2D eigenvalue weighted by Crippen LogP contribution is 2.32. The molecular weight excluding hydrogens is 328 g/mol. The van der Waals surface area contributed by atoms with Crippen LogP contribution < -0.4 is 15.4 Å². The SMILES string of the molecule is CCCOc1ccccc1C(=O)Nc1cccc(NC(=O)C2CC2)c1C. The minimum absolute atomic E-state index is 0.0508. The van der Waals surface area contributed by atoms with E-state index in [-0.39, 0.29) is 17.7 Å². The molecule has 0 bridgehead atoms. The van der Waals surface area contributed by atoms with Gasteiger partial charge in [-0.1, -0.05) is 25.1 Å². The molecule has 1 aliphatic carbocycles. The summed E-state index contributed by atoms with van der Waals surface area (Å²) >= 11 is 0. The fourth-order valence-electron chi connectivity index (χ4n) is 2.67. The molecule has 1 aliphatic rings. The molecule has 0 heterocycles. The Kier molecular flexibility index (Phi) is 5.56. The lowest BCUT2D eigenvalue weighted by molar-refractivity contribution is -0.117. The van der Waals surface area contributed by atoms with Crippen LogP contribution in [0.4, 0.5) is 11.4 Å². The molecular formula is C21H24N2O3. The Balaban J connectivity index is 1.76. The number of carbonyl (C=O) groups is 2. The van der Waals surface area contributed by atoms with Gasteiger partial charge in [-0.25, -0.2) is 0 Å². The number of hydrogen-bond donors (Lipinski definition) is 2. The van der Waals surface area contributed by atoms with Gasteiger partial charge in [0.15, 0.2) is 0 Å². The van der Waals surface area contributed by atoms with E-state index in [0.717, 1.165) is 30.5 Å². The van der Waals surface area contributed by atoms with Crippen LogP contribution in [0, 0.1) is 12.8 Å². The molecule has 2 N–H and O–H groups in total. The maximum absolute atomic E-state index is 12.7. The van der Waals surface area contributed by atoms with Crippen LogP contribution in [0.1, 0.15) is 42.1 Å². The first-order valence-corrected chi connectivity index (χ1v) is 9.03. The summed E-state index contributed by atoms with van der Waals surface area (Å²) in [5, 5.41) is 5.88. The molecule has 0 spiro atoms. The summed E-state index contributed by atoms with van der Waals surface area (Å²) in [6.45, 7) is 4.47. The number of amides is 2. The minimum Gasteiger partial charge on any atom is -0.493 e. The number of rotatable bonds is 7. The van der Waals surface area contributed by atoms with Gasteiger partial charge in [0.25, 0.3) is 5.91 Å². The fraction of sp³-hybridized carbons (Fsp3) is 0.333. The Hall–Kier alpha value is -2.82. The molecule has 0 radical (unpaired) electrons. The third kappa shape index (κ3) is 4.23. The summed E-state index contributed by atoms with van der Waals surface area (Å²) in [6.07, 6.45) is 2.78. The normalized spacial score (nSPS) is 13.2.